The van der Waals surface area contributed by atoms with E-state index in [0.717, 1.165) is 21.9 Å². The predicted molar refractivity (Wildman–Crippen MR) is 105 cm³/mol. The van der Waals surface area contributed by atoms with Crippen LogP contribution in [0.1, 0.15) is 5.56 Å². The molecule has 0 radical (unpaired) electrons. The van der Waals surface area contributed by atoms with Crippen molar-refractivity contribution < 1.29 is 9.53 Å². The lowest BCUT2D eigenvalue weighted by Crippen LogP contribution is -2.13. The number of nitrogens with zero attached hydrogens (tertiary/aromatic N) is 2. The number of nitriles is 1. The second kappa shape index (κ2) is 8.52. The van der Waals surface area contributed by atoms with Crippen LogP contribution in [0.3, 0.4) is 0 Å². The number of aromatic nitrogens is 1. The highest BCUT2D eigenvalue weighted by Gasteiger charge is 2.09. The molecule has 130 valence electrons. The van der Waals surface area contributed by atoms with Gasteiger partial charge in [-0.05, 0) is 36.4 Å². The Morgan fingerprint density at radius 3 is 2.62 bits per heavy atom. The SMILES string of the molecule is COc1ccc(SCC(=O)Nc2nc(-c3ccc(C#N)cc3)cs2)cc1. The van der Waals surface area contributed by atoms with Crippen molar-refractivity contribution in [2.75, 3.05) is 18.2 Å². The van der Waals surface area contributed by atoms with Crippen molar-refractivity contribution in [1.82, 2.24) is 4.98 Å². The van der Waals surface area contributed by atoms with Crippen LogP contribution in [0.25, 0.3) is 11.3 Å². The summed E-state index contributed by atoms with van der Waals surface area (Å²) in [5, 5.41) is 14.1. The Morgan fingerprint density at radius 1 is 1.23 bits per heavy atom. The van der Waals surface area contributed by atoms with Gasteiger partial charge in [-0.1, -0.05) is 12.1 Å². The normalized spacial score (nSPS) is 10.2. The summed E-state index contributed by atoms with van der Waals surface area (Å²) in [4.78, 5) is 17.5. The van der Waals surface area contributed by atoms with E-state index in [2.05, 4.69) is 16.4 Å². The van der Waals surface area contributed by atoms with E-state index in [1.54, 1.807) is 19.2 Å². The Hall–Kier alpha value is -2.82. The number of ether oxygens (including phenoxy) is 1. The van der Waals surface area contributed by atoms with Gasteiger partial charge in [0.1, 0.15) is 5.75 Å². The summed E-state index contributed by atoms with van der Waals surface area (Å²) in [7, 11) is 1.62. The standard InChI is InChI=1S/C19H15N3O2S2/c1-24-15-6-8-16(9-7-15)25-12-18(23)22-19-21-17(11-26-19)14-4-2-13(10-20)3-5-14/h2-9,11H,12H2,1H3,(H,21,22,23). The maximum atomic E-state index is 12.1. The predicted octanol–water partition coefficient (Wildman–Crippen LogP) is 4.42. The fraction of sp³-hybridized carbons (Fsp3) is 0.105. The molecule has 0 saturated heterocycles. The zero-order valence-corrected chi connectivity index (χ0v) is 15.6. The maximum absolute atomic E-state index is 12.1. The molecule has 0 aliphatic carbocycles. The highest BCUT2D eigenvalue weighted by molar-refractivity contribution is 8.00. The van der Waals surface area contributed by atoms with Crippen molar-refractivity contribution in [3.05, 3.63) is 59.5 Å². The topological polar surface area (TPSA) is 75.0 Å². The molecule has 0 aliphatic heterocycles. The third kappa shape index (κ3) is 4.63. The first-order valence-electron chi connectivity index (χ1n) is 7.70. The van der Waals surface area contributed by atoms with Crippen LogP contribution < -0.4 is 10.1 Å². The van der Waals surface area contributed by atoms with Crippen molar-refractivity contribution in [2.24, 2.45) is 0 Å². The largest absolute Gasteiger partial charge is 0.497 e. The summed E-state index contributed by atoms with van der Waals surface area (Å²) < 4.78 is 5.11. The molecule has 3 aromatic rings. The molecular formula is C19H15N3O2S2. The summed E-state index contributed by atoms with van der Waals surface area (Å²) >= 11 is 2.83. The van der Waals surface area contributed by atoms with Crippen LogP contribution in [-0.4, -0.2) is 23.8 Å². The number of amides is 1. The van der Waals surface area contributed by atoms with Crippen LogP contribution >= 0.6 is 23.1 Å². The third-order valence-corrected chi connectivity index (χ3v) is 5.26. The number of carbonyl (C=O) groups is 1. The second-order valence-corrected chi connectivity index (χ2v) is 7.15. The van der Waals surface area contributed by atoms with Gasteiger partial charge in [0, 0.05) is 15.8 Å². The number of benzene rings is 2. The average molecular weight is 381 g/mol. The molecule has 0 atom stereocenters. The lowest BCUT2D eigenvalue weighted by atomic mass is 10.1. The summed E-state index contributed by atoms with van der Waals surface area (Å²) in [6.45, 7) is 0. The first-order chi connectivity index (χ1) is 12.7. The van der Waals surface area contributed by atoms with E-state index in [1.807, 2.05) is 41.8 Å². The Morgan fingerprint density at radius 2 is 1.96 bits per heavy atom. The molecule has 5 nitrogen and oxygen atoms in total. The summed E-state index contributed by atoms with van der Waals surface area (Å²) in [5.74, 6) is 0.987. The molecule has 0 spiro atoms. The Kier molecular flexibility index (Phi) is 5.89. The molecule has 1 amide bonds. The first kappa shape index (κ1) is 18.0. The van der Waals surface area contributed by atoms with Gasteiger partial charge in [0.15, 0.2) is 5.13 Å². The van der Waals surface area contributed by atoms with E-state index in [0.29, 0.717) is 16.4 Å². The van der Waals surface area contributed by atoms with Gasteiger partial charge in [-0.2, -0.15) is 5.26 Å². The van der Waals surface area contributed by atoms with Crippen molar-refractivity contribution >= 4 is 34.1 Å². The number of hydrogen-bond acceptors (Lipinski definition) is 6. The van der Waals surface area contributed by atoms with Crippen molar-refractivity contribution in [2.45, 2.75) is 4.90 Å². The van der Waals surface area contributed by atoms with Gasteiger partial charge in [0.05, 0.1) is 30.2 Å². The van der Waals surface area contributed by atoms with Gasteiger partial charge in [-0.15, -0.1) is 23.1 Å². The number of anilines is 1. The van der Waals surface area contributed by atoms with Gasteiger partial charge in [0.25, 0.3) is 0 Å². The van der Waals surface area contributed by atoms with Crippen LogP contribution in [0.4, 0.5) is 5.13 Å². The molecule has 0 aliphatic rings. The van der Waals surface area contributed by atoms with E-state index < -0.39 is 0 Å². The Labute approximate surface area is 159 Å². The van der Waals surface area contributed by atoms with Crippen LogP contribution in [0.15, 0.2) is 58.8 Å². The Bertz CT molecular complexity index is 929. The maximum Gasteiger partial charge on any atom is 0.236 e. The molecule has 3 rings (SSSR count). The van der Waals surface area contributed by atoms with E-state index in [-0.39, 0.29) is 5.91 Å². The van der Waals surface area contributed by atoms with Crippen LogP contribution in [0.2, 0.25) is 0 Å². The summed E-state index contributed by atoms with van der Waals surface area (Å²) in [5.41, 5.74) is 2.29. The molecule has 26 heavy (non-hydrogen) atoms. The third-order valence-electron chi connectivity index (χ3n) is 3.49. The summed E-state index contributed by atoms with van der Waals surface area (Å²) in [6.07, 6.45) is 0. The number of hydrogen-bond donors (Lipinski definition) is 1. The highest BCUT2D eigenvalue weighted by Crippen LogP contribution is 2.26. The fourth-order valence-corrected chi connectivity index (χ4v) is 3.59. The highest BCUT2D eigenvalue weighted by atomic mass is 32.2. The zero-order valence-electron chi connectivity index (χ0n) is 13.9. The summed E-state index contributed by atoms with van der Waals surface area (Å²) in [6, 6.07) is 16.8. The zero-order chi connectivity index (χ0) is 18.4. The van der Waals surface area contributed by atoms with Crippen molar-refractivity contribution in [1.29, 1.82) is 5.26 Å². The number of carbonyl (C=O) groups excluding carboxylic acids is 1. The minimum atomic E-state index is -0.105. The molecular weight excluding hydrogens is 366 g/mol. The van der Waals surface area contributed by atoms with Gasteiger partial charge >= 0.3 is 0 Å². The van der Waals surface area contributed by atoms with Crippen molar-refractivity contribution in [3.8, 4) is 23.1 Å². The average Bonchev–Trinajstić information content (AvgIpc) is 3.15. The molecule has 2 aromatic carbocycles. The Balaban J connectivity index is 1.56. The minimum Gasteiger partial charge on any atom is -0.497 e. The molecule has 0 bridgehead atoms. The van der Waals surface area contributed by atoms with Gasteiger partial charge < -0.3 is 10.1 Å². The number of thioether (sulfide) groups is 1. The second-order valence-electron chi connectivity index (χ2n) is 5.24. The van der Waals surface area contributed by atoms with Gasteiger partial charge in [-0.25, -0.2) is 4.98 Å². The lowest BCUT2D eigenvalue weighted by Gasteiger charge is -2.03. The van der Waals surface area contributed by atoms with Crippen LogP contribution in [0, 0.1) is 11.3 Å². The molecule has 0 fully saturated rings. The molecule has 1 heterocycles. The molecule has 7 heteroatoms. The molecule has 1 N–H and O–H groups in total. The van der Waals surface area contributed by atoms with Crippen LogP contribution in [0.5, 0.6) is 5.75 Å². The minimum absolute atomic E-state index is 0.105. The van der Waals surface area contributed by atoms with Crippen molar-refractivity contribution in [3.63, 3.8) is 0 Å². The van der Waals surface area contributed by atoms with E-state index in [9.17, 15) is 4.79 Å². The molecule has 0 saturated carbocycles. The quantitative estimate of drug-likeness (QED) is 0.640. The number of rotatable bonds is 6. The van der Waals surface area contributed by atoms with E-state index in [1.165, 1.54) is 23.1 Å². The fourth-order valence-electron chi connectivity index (χ4n) is 2.16. The molecule has 0 unspecified atom stereocenters. The van der Waals surface area contributed by atoms with E-state index in [4.69, 9.17) is 10.00 Å². The number of nitrogens with one attached hydrogen (secondary N) is 1. The van der Waals surface area contributed by atoms with Crippen LogP contribution in [-0.2, 0) is 4.79 Å². The number of methoxy groups -OCH3 is 1. The number of thiazole rings is 1. The van der Waals surface area contributed by atoms with Gasteiger partial charge in [-0.3, -0.25) is 4.79 Å². The van der Waals surface area contributed by atoms with E-state index >= 15 is 0 Å². The smallest absolute Gasteiger partial charge is 0.236 e. The first-order valence-corrected chi connectivity index (χ1v) is 9.57. The monoisotopic (exact) mass is 381 g/mol. The van der Waals surface area contributed by atoms with Gasteiger partial charge in [0.2, 0.25) is 5.91 Å². The lowest BCUT2D eigenvalue weighted by molar-refractivity contribution is -0.113. The molecule has 1 aromatic heterocycles.